The molecule has 0 heterocycles. The summed E-state index contributed by atoms with van der Waals surface area (Å²) in [5.74, 6) is -1.15. The molecule has 20 heavy (non-hydrogen) atoms. The Labute approximate surface area is 115 Å². The number of aliphatic carboxylic acids is 1. The van der Waals surface area contributed by atoms with Gasteiger partial charge in [-0.25, -0.2) is 4.79 Å². The largest absolute Gasteiger partial charge is 0.484 e. The Kier molecular flexibility index (Phi) is 6.02. The van der Waals surface area contributed by atoms with Crippen molar-refractivity contribution in [3.8, 4) is 5.75 Å². The summed E-state index contributed by atoms with van der Waals surface area (Å²) in [7, 11) is 0. The maximum atomic E-state index is 11.3. The summed E-state index contributed by atoms with van der Waals surface area (Å²) >= 11 is 0. The van der Waals surface area contributed by atoms with Crippen LogP contribution in [-0.2, 0) is 20.7 Å². The van der Waals surface area contributed by atoms with Gasteiger partial charge in [0.1, 0.15) is 5.75 Å². The average molecular weight is 281 g/mol. The third-order valence-corrected chi connectivity index (χ3v) is 2.17. The van der Waals surface area contributed by atoms with E-state index in [9.17, 15) is 14.4 Å². The molecule has 0 radical (unpaired) electrons. The fourth-order valence-electron chi connectivity index (χ4n) is 1.34. The van der Waals surface area contributed by atoms with Crippen LogP contribution >= 0.6 is 0 Å². The van der Waals surface area contributed by atoms with Crippen molar-refractivity contribution < 1.29 is 29.0 Å². The second-order valence-electron chi connectivity index (χ2n) is 3.77. The zero-order valence-electron chi connectivity index (χ0n) is 10.9. The fraction of sp³-hybridized carbons (Fsp3) is 0.308. The number of carbonyl (C=O) groups excluding carboxylic acids is 2. The quantitative estimate of drug-likeness (QED) is 0.805. The predicted molar refractivity (Wildman–Crippen MR) is 68.4 cm³/mol. The number of ether oxygens (including phenoxy) is 2. The molecule has 0 aliphatic carbocycles. The molecule has 0 aliphatic heterocycles. The van der Waals surface area contributed by atoms with Crippen LogP contribution in [0.5, 0.6) is 5.75 Å². The van der Waals surface area contributed by atoms with E-state index in [1.807, 2.05) is 5.32 Å². The number of amides is 2. The lowest BCUT2D eigenvalue weighted by Gasteiger charge is -2.07. The minimum Gasteiger partial charge on any atom is -0.484 e. The zero-order chi connectivity index (χ0) is 15.0. The Morgan fingerprint density at radius 3 is 2.40 bits per heavy atom. The highest BCUT2D eigenvalue weighted by Crippen LogP contribution is 2.12. The number of benzene rings is 1. The lowest BCUT2D eigenvalue weighted by atomic mass is 10.1. The number of carbonyl (C=O) groups is 3. The normalized spacial score (nSPS) is 9.65. The van der Waals surface area contributed by atoms with Gasteiger partial charge in [0.15, 0.2) is 6.61 Å². The van der Waals surface area contributed by atoms with Crippen molar-refractivity contribution in [2.45, 2.75) is 13.3 Å². The first-order chi connectivity index (χ1) is 9.51. The molecule has 108 valence electrons. The Morgan fingerprint density at radius 2 is 1.85 bits per heavy atom. The zero-order valence-corrected chi connectivity index (χ0v) is 10.9. The van der Waals surface area contributed by atoms with Crippen molar-refractivity contribution in [1.82, 2.24) is 5.32 Å². The molecule has 0 bridgehead atoms. The van der Waals surface area contributed by atoms with Crippen molar-refractivity contribution in [3.05, 3.63) is 29.8 Å². The van der Waals surface area contributed by atoms with Gasteiger partial charge in [0.25, 0.3) is 5.91 Å². The molecule has 7 nitrogen and oxygen atoms in total. The molecule has 2 N–H and O–H groups in total. The number of nitrogens with one attached hydrogen (secondary N) is 1. The number of hydrogen-bond acceptors (Lipinski definition) is 5. The minimum absolute atomic E-state index is 0.0797. The van der Waals surface area contributed by atoms with E-state index in [1.165, 1.54) is 0 Å². The van der Waals surface area contributed by atoms with Crippen LogP contribution in [0, 0.1) is 0 Å². The number of carboxylic acid groups (broad SMARTS) is 1. The van der Waals surface area contributed by atoms with Crippen LogP contribution in [-0.4, -0.2) is 36.3 Å². The average Bonchev–Trinajstić information content (AvgIpc) is 2.37. The van der Waals surface area contributed by atoms with Crippen molar-refractivity contribution in [3.63, 3.8) is 0 Å². The van der Waals surface area contributed by atoms with E-state index >= 15 is 0 Å². The van der Waals surface area contributed by atoms with Gasteiger partial charge >= 0.3 is 12.1 Å². The SMILES string of the molecule is CCOC(=O)NC(=O)COc1ccc(CC(=O)O)cc1. The van der Waals surface area contributed by atoms with Crippen molar-refractivity contribution in [2.75, 3.05) is 13.2 Å². The Bertz CT molecular complexity index is 482. The summed E-state index contributed by atoms with van der Waals surface area (Å²) in [6.07, 6.45) is -0.901. The highest BCUT2D eigenvalue weighted by atomic mass is 16.5. The van der Waals surface area contributed by atoms with Gasteiger partial charge in [0.05, 0.1) is 13.0 Å². The van der Waals surface area contributed by atoms with Crippen LogP contribution in [0.3, 0.4) is 0 Å². The molecule has 0 atom stereocenters. The van der Waals surface area contributed by atoms with Crippen LogP contribution in [0.1, 0.15) is 12.5 Å². The molecular weight excluding hydrogens is 266 g/mol. The van der Waals surface area contributed by atoms with E-state index in [0.29, 0.717) is 11.3 Å². The van der Waals surface area contributed by atoms with Crippen LogP contribution in [0.2, 0.25) is 0 Å². The Balaban J connectivity index is 2.39. The van der Waals surface area contributed by atoms with E-state index in [4.69, 9.17) is 9.84 Å². The number of imide groups is 1. The lowest BCUT2D eigenvalue weighted by Crippen LogP contribution is -2.34. The van der Waals surface area contributed by atoms with Crippen LogP contribution in [0.4, 0.5) is 4.79 Å². The van der Waals surface area contributed by atoms with Gasteiger partial charge in [-0.2, -0.15) is 0 Å². The van der Waals surface area contributed by atoms with E-state index < -0.39 is 18.0 Å². The van der Waals surface area contributed by atoms with Gasteiger partial charge in [0, 0.05) is 0 Å². The number of alkyl carbamates (subject to hydrolysis) is 1. The molecule has 0 unspecified atom stereocenters. The van der Waals surface area contributed by atoms with Gasteiger partial charge in [0.2, 0.25) is 0 Å². The summed E-state index contributed by atoms with van der Waals surface area (Å²) < 4.78 is 9.67. The molecule has 0 aliphatic rings. The molecule has 2 amide bonds. The summed E-state index contributed by atoms with van der Waals surface area (Å²) in [4.78, 5) is 32.7. The lowest BCUT2D eigenvalue weighted by molar-refractivity contribution is -0.136. The molecule has 0 aromatic heterocycles. The van der Waals surface area contributed by atoms with Crippen LogP contribution in [0.25, 0.3) is 0 Å². The molecule has 0 saturated carbocycles. The summed E-state index contributed by atoms with van der Waals surface area (Å²) in [5.41, 5.74) is 0.626. The molecule has 1 rings (SSSR count). The molecular formula is C13H15NO6. The van der Waals surface area contributed by atoms with E-state index in [1.54, 1.807) is 31.2 Å². The monoisotopic (exact) mass is 281 g/mol. The highest BCUT2D eigenvalue weighted by Gasteiger charge is 2.09. The van der Waals surface area contributed by atoms with E-state index in [-0.39, 0.29) is 19.6 Å². The van der Waals surface area contributed by atoms with E-state index in [0.717, 1.165) is 0 Å². The van der Waals surface area contributed by atoms with Gasteiger partial charge < -0.3 is 14.6 Å². The van der Waals surface area contributed by atoms with Crippen LogP contribution < -0.4 is 10.1 Å². The van der Waals surface area contributed by atoms with Crippen molar-refractivity contribution >= 4 is 18.0 Å². The number of hydrogen-bond donors (Lipinski definition) is 2. The fourth-order valence-corrected chi connectivity index (χ4v) is 1.34. The number of rotatable bonds is 6. The predicted octanol–water partition coefficient (Wildman–Crippen LogP) is 0.965. The standard InChI is InChI=1S/C13H15NO6/c1-2-19-13(18)14-11(15)8-20-10-5-3-9(4-6-10)7-12(16)17/h3-6H,2,7-8H2,1H3,(H,16,17)(H,14,15,18). The van der Waals surface area contributed by atoms with Crippen molar-refractivity contribution in [1.29, 1.82) is 0 Å². The maximum Gasteiger partial charge on any atom is 0.413 e. The molecule has 0 fully saturated rings. The molecule has 0 saturated heterocycles. The van der Waals surface area contributed by atoms with Gasteiger partial charge in [-0.3, -0.25) is 14.9 Å². The van der Waals surface area contributed by atoms with Gasteiger partial charge in [-0.05, 0) is 24.6 Å². The first-order valence-corrected chi connectivity index (χ1v) is 5.91. The summed E-state index contributed by atoms with van der Waals surface area (Å²) in [6.45, 7) is 1.46. The molecule has 1 aromatic carbocycles. The summed E-state index contributed by atoms with van der Waals surface area (Å²) in [5, 5.41) is 10.6. The molecule has 7 heteroatoms. The minimum atomic E-state index is -0.924. The Morgan fingerprint density at radius 1 is 1.20 bits per heavy atom. The smallest absolute Gasteiger partial charge is 0.413 e. The second-order valence-corrected chi connectivity index (χ2v) is 3.77. The summed E-state index contributed by atoms with van der Waals surface area (Å²) in [6, 6.07) is 6.28. The third kappa shape index (κ3) is 5.85. The van der Waals surface area contributed by atoms with Crippen LogP contribution in [0.15, 0.2) is 24.3 Å². The van der Waals surface area contributed by atoms with E-state index in [2.05, 4.69) is 4.74 Å². The maximum absolute atomic E-state index is 11.3. The van der Waals surface area contributed by atoms with Crippen molar-refractivity contribution in [2.24, 2.45) is 0 Å². The van der Waals surface area contributed by atoms with Gasteiger partial charge in [-0.15, -0.1) is 0 Å². The van der Waals surface area contributed by atoms with Gasteiger partial charge in [-0.1, -0.05) is 12.1 Å². The Hall–Kier alpha value is -2.57. The molecule has 0 spiro atoms. The number of carboxylic acids is 1. The first kappa shape index (κ1) is 15.5. The third-order valence-electron chi connectivity index (χ3n) is 2.17. The second kappa shape index (κ2) is 7.78. The highest BCUT2D eigenvalue weighted by molar-refractivity contribution is 5.92. The molecule has 1 aromatic rings. The topological polar surface area (TPSA) is 102 Å². The first-order valence-electron chi connectivity index (χ1n) is 5.91.